The van der Waals surface area contributed by atoms with Gasteiger partial charge in [-0.1, -0.05) is 11.6 Å². The topological polar surface area (TPSA) is 43.1 Å². The molecule has 0 radical (unpaired) electrons. The minimum atomic E-state index is 0.426. The van der Waals surface area contributed by atoms with Crippen molar-refractivity contribution in [2.24, 2.45) is 0 Å². The number of fused-ring (bicyclic) bond motifs is 1. The molecular formula is C11H9ClN4S. The van der Waals surface area contributed by atoms with E-state index in [1.165, 1.54) is 10.4 Å². The van der Waals surface area contributed by atoms with Gasteiger partial charge in [0.05, 0.1) is 4.88 Å². The molecule has 0 spiro atoms. The highest BCUT2D eigenvalue weighted by molar-refractivity contribution is 7.15. The Hall–Kier alpha value is -1.46. The quantitative estimate of drug-likeness (QED) is 0.634. The van der Waals surface area contributed by atoms with Gasteiger partial charge in [-0.25, -0.2) is 4.98 Å². The van der Waals surface area contributed by atoms with E-state index in [9.17, 15) is 0 Å². The van der Waals surface area contributed by atoms with Crippen LogP contribution < -0.4 is 0 Å². The van der Waals surface area contributed by atoms with Gasteiger partial charge in [-0.15, -0.1) is 21.5 Å². The van der Waals surface area contributed by atoms with E-state index < -0.39 is 0 Å². The Morgan fingerprint density at radius 3 is 2.76 bits per heavy atom. The summed E-state index contributed by atoms with van der Waals surface area (Å²) in [6, 6.07) is 3.82. The van der Waals surface area contributed by atoms with Crippen molar-refractivity contribution < 1.29 is 0 Å². The standard InChI is InChI=1S/C11H9ClN4S/c1-6-3-8(17-7(6)2)11-15-14-10-4-9(12)13-5-16(10)11/h3-5H,1-2H3. The molecule has 0 saturated heterocycles. The van der Waals surface area contributed by atoms with Gasteiger partial charge in [0.25, 0.3) is 0 Å². The van der Waals surface area contributed by atoms with Crippen LogP contribution in [-0.2, 0) is 0 Å². The molecule has 86 valence electrons. The third kappa shape index (κ3) is 1.71. The molecule has 0 amide bonds. The summed E-state index contributed by atoms with van der Waals surface area (Å²) in [5, 5.41) is 8.70. The maximum absolute atomic E-state index is 5.81. The van der Waals surface area contributed by atoms with Gasteiger partial charge in [0, 0.05) is 10.9 Å². The first-order valence-corrected chi connectivity index (χ1v) is 6.28. The molecule has 3 heterocycles. The Morgan fingerprint density at radius 2 is 2.06 bits per heavy atom. The van der Waals surface area contributed by atoms with Gasteiger partial charge in [-0.05, 0) is 25.5 Å². The average Bonchev–Trinajstić information content (AvgIpc) is 2.83. The van der Waals surface area contributed by atoms with Crippen LogP contribution in [0.25, 0.3) is 16.3 Å². The van der Waals surface area contributed by atoms with Crippen LogP contribution >= 0.6 is 22.9 Å². The summed E-state index contributed by atoms with van der Waals surface area (Å²) in [6.45, 7) is 4.19. The Bertz CT molecular complexity index is 681. The smallest absolute Gasteiger partial charge is 0.179 e. The molecule has 0 aliphatic heterocycles. The molecule has 3 aromatic rings. The van der Waals surface area contributed by atoms with Gasteiger partial charge in [-0.2, -0.15) is 0 Å². The minimum Gasteiger partial charge on any atom is -0.264 e. The molecule has 0 atom stereocenters. The van der Waals surface area contributed by atoms with Crippen molar-refractivity contribution in [3.63, 3.8) is 0 Å². The largest absolute Gasteiger partial charge is 0.264 e. The van der Waals surface area contributed by atoms with Crippen LogP contribution in [-0.4, -0.2) is 19.6 Å². The highest BCUT2D eigenvalue weighted by Gasteiger charge is 2.11. The zero-order valence-corrected chi connectivity index (χ0v) is 10.9. The molecule has 0 unspecified atom stereocenters. The Balaban J connectivity index is 2.24. The first-order chi connectivity index (χ1) is 8.15. The molecule has 3 aromatic heterocycles. The fraction of sp³-hybridized carbons (Fsp3) is 0.182. The van der Waals surface area contributed by atoms with Crippen LogP contribution in [0.5, 0.6) is 0 Å². The molecule has 3 rings (SSSR count). The van der Waals surface area contributed by atoms with Gasteiger partial charge in [0.15, 0.2) is 11.5 Å². The van der Waals surface area contributed by atoms with E-state index in [2.05, 4.69) is 35.1 Å². The van der Waals surface area contributed by atoms with E-state index in [4.69, 9.17) is 11.6 Å². The van der Waals surface area contributed by atoms with Gasteiger partial charge < -0.3 is 0 Å². The van der Waals surface area contributed by atoms with Gasteiger partial charge in [-0.3, -0.25) is 4.40 Å². The molecule has 0 saturated carbocycles. The average molecular weight is 265 g/mol. The zero-order valence-electron chi connectivity index (χ0n) is 9.31. The summed E-state index contributed by atoms with van der Waals surface area (Å²) >= 11 is 7.52. The molecule has 4 nitrogen and oxygen atoms in total. The third-order valence-corrected chi connectivity index (χ3v) is 4.01. The summed E-state index contributed by atoms with van der Waals surface area (Å²) in [5.41, 5.74) is 1.98. The lowest BCUT2D eigenvalue weighted by Gasteiger charge is -1.95. The van der Waals surface area contributed by atoms with E-state index in [1.807, 2.05) is 4.40 Å². The van der Waals surface area contributed by atoms with Crippen LogP contribution in [0.2, 0.25) is 5.15 Å². The van der Waals surface area contributed by atoms with Crippen molar-refractivity contribution in [2.45, 2.75) is 13.8 Å². The van der Waals surface area contributed by atoms with E-state index in [0.29, 0.717) is 10.8 Å². The van der Waals surface area contributed by atoms with Crippen LogP contribution in [0, 0.1) is 13.8 Å². The molecule has 0 bridgehead atoms. The fourth-order valence-corrected chi connectivity index (χ4v) is 2.78. The van der Waals surface area contributed by atoms with Gasteiger partial charge in [0.2, 0.25) is 0 Å². The van der Waals surface area contributed by atoms with Crippen LogP contribution in [0.3, 0.4) is 0 Å². The van der Waals surface area contributed by atoms with E-state index in [0.717, 1.165) is 10.7 Å². The summed E-state index contributed by atoms with van der Waals surface area (Å²) in [6.07, 6.45) is 1.65. The molecular weight excluding hydrogens is 256 g/mol. The molecule has 0 aromatic carbocycles. The number of hydrogen-bond donors (Lipinski definition) is 0. The number of aromatic nitrogens is 4. The number of nitrogens with zero attached hydrogens (tertiary/aromatic N) is 4. The molecule has 0 fully saturated rings. The van der Waals surface area contributed by atoms with E-state index in [1.54, 1.807) is 23.7 Å². The van der Waals surface area contributed by atoms with Crippen molar-refractivity contribution in [3.8, 4) is 10.7 Å². The monoisotopic (exact) mass is 264 g/mol. The van der Waals surface area contributed by atoms with E-state index >= 15 is 0 Å². The second-order valence-corrected chi connectivity index (χ2v) is 5.46. The summed E-state index contributed by atoms with van der Waals surface area (Å²) in [5.74, 6) is 0.811. The molecule has 0 N–H and O–H groups in total. The molecule has 0 aliphatic rings. The van der Waals surface area contributed by atoms with Crippen molar-refractivity contribution in [3.05, 3.63) is 34.1 Å². The Labute approximate surface area is 107 Å². The highest BCUT2D eigenvalue weighted by atomic mass is 35.5. The summed E-state index contributed by atoms with van der Waals surface area (Å²) < 4.78 is 1.84. The second-order valence-electron chi connectivity index (χ2n) is 3.81. The minimum absolute atomic E-state index is 0.426. The summed E-state index contributed by atoms with van der Waals surface area (Å²) in [4.78, 5) is 6.43. The molecule has 0 aliphatic carbocycles. The van der Waals surface area contributed by atoms with Crippen molar-refractivity contribution in [2.75, 3.05) is 0 Å². The Morgan fingerprint density at radius 1 is 1.24 bits per heavy atom. The zero-order chi connectivity index (χ0) is 12.0. The normalized spacial score (nSPS) is 11.2. The third-order valence-electron chi connectivity index (χ3n) is 2.65. The number of rotatable bonds is 1. The lowest BCUT2D eigenvalue weighted by molar-refractivity contribution is 1.08. The number of halogens is 1. The first kappa shape index (κ1) is 10.7. The predicted octanol–water partition coefficient (Wildman–Crippen LogP) is 3.12. The number of hydrogen-bond acceptors (Lipinski definition) is 4. The second kappa shape index (κ2) is 3.78. The van der Waals surface area contributed by atoms with E-state index in [-0.39, 0.29) is 0 Å². The number of aryl methyl sites for hydroxylation is 2. The lowest BCUT2D eigenvalue weighted by atomic mass is 10.3. The maximum atomic E-state index is 5.81. The molecule has 6 heteroatoms. The van der Waals surface area contributed by atoms with Crippen LogP contribution in [0.1, 0.15) is 10.4 Å². The molecule has 17 heavy (non-hydrogen) atoms. The summed E-state index contributed by atoms with van der Waals surface area (Å²) in [7, 11) is 0. The van der Waals surface area contributed by atoms with Crippen molar-refractivity contribution >= 4 is 28.6 Å². The van der Waals surface area contributed by atoms with Crippen LogP contribution in [0.15, 0.2) is 18.5 Å². The number of thiophene rings is 1. The SMILES string of the molecule is Cc1cc(-c2nnc3cc(Cl)ncn23)sc1C. The van der Waals surface area contributed by atoms with Gasteiger partial charge in [0.1, 0.15) is 11.5 Å². The van der Waals surface area contributed by atoms with Crippen molar-refractivity contribution in [1.29, 1.82) is 0 Å². The lowest BCUT2D eigenvalue weighted by Crippen LogP contribution is -1.89. The first-order valence-electron chi connectivity index (χ1n) is 5.09. The predicted molar refractivity (Wildman–Crippen MR) is 68.6 cm³/mol. The van der Waals surface area contributed by atoms with Crippen molar-refractivity contribution in [1.82, 2.24) is 19.6 Å². The van der Waals surface area contributed by atoms with Gasteiger partial charge >= 0.3 is 0 Å². The fourth-order valence-electron chi connectivity index (χ4n) is 1.62. The maximum Gasteiger partial charge on any atom is 0.179 e. The Kier molecular flexibility index (Phi) is 2.38. The van der Waals surface area contributed by atoms with Crippen LogP contribution in [0.4, 0.5) is 0 Å². The highest BCUT2D eigenvalue weighted by Crippen LogP contribution is 2.29.